The van der Waals surface area contributed by atoms with E-state index in [1.807, 2.05) is 0 Å². The van der Waals surface area contributed by atoms with E-state index in [0.717, 1.165) is 34.1 Å². The van der Waals surface area contributed by atoms with Crippen molar-refractivity contribution in [3.63, 3.8) is 0 Å². The number of rotatable bonds is 10. The fourth-order valence-electron chi connectivity index (χ4n) is 17.0. The predicted octanol–water partition coefficient (Wildman–Crippen LogP) is 19.1. The maximum atomic E-state index is 2.68. The zero-order valence-electron chi connectivity index (χ0n) is 50.2. The van der Waals surface area contributed by atoms with Gasteiger partial charge >= 0.3 is 0 Å². The molecule has 4 heterocycles. The second-order valence-corrected chi connectivity index (χ2v) is 25.3. The first kappa shape index (κ1) is 51.2. The van der Waals surface area contributed by atoms with E-state index < -0.39 is 0 Å². The fourth-order valence-corrected chi connectivity index (χ4v) is 17.0. The molecular formula is C88H54B2N2. The Hall–Kier alpha value is -11.7. The zero-order chi connectivity index (χ0) is 60.1. The second kappa shape index (κ2) is 19.9. The minimum Gasteiger partial charge on any atom is -0.310 e. The topological polar surface area (TPSA) is 6.48 Å². The van der Waals surface area contributed by atoms with Crippen LogP contribution in [0.25, 0.3) is 121 Å². The number of benzene rings is 16. The Labute approximate surface area is 535 Å². The molecule has 4 aliphatic rings. The average molecular weight is 1160 g/mol. The highest BCUT2D eigenvalue weighted by Crippen LogP contribution is 2.54. The first-order valence-corrected chi connectivity index (χ1v) is 32.2. The Morgan fingerprint density at radius 1 is 0.174 bits per heavy atom. The quantitative estimate of drug-likeness (QED) is 0.0995. The van der Waals surface area contributed by atoms with E-state index in [-0.39, 0.29) is 13.4 Å². The molecule has 0 fully saturated rings. The van der Waals surface area contributed by atoms with Gasteiger partial charge in [0.2, 0.25) is 13.4 Å². The third-order valence-electron chi connectivity index (χ3n) is 20.6. The molecule has 0 bridgehead atoms. The van der Waals surface area contributed by atoms with Crippen molar-refractivity contribution in [2.24, 2.45) is 0 Å². The molecule has 4 aliphatic heterocycles. The summed E-state index contributed by atoms with van der Waals surface area (Å²) in [6, 6.07) is 124. The van der Waals surface area contributed by atoms with Crippen LogP contribution in [-0.4, -0.2) is 13.4 Å². The first-order valence-electron chi connectivity index (χ1n) is 32.2. The van der Waals surface area contributed by atoms with E-state index in [0.29, 0.717) is 0 Å². The lowest BCUT2D eigenvalue weighted by molar-refractivity contribution is 1.29. The summed E-state index contributed by atoms with van der Waals surface area (Å²) in [4.78, 5) is 4.92. The van der Waals surface area contributed by atoms with Gasteiger partial charge in [-0.25, -0.2) is 0 Å². The van der Waals surface area contributed by atoms with E-state index in [2.05, 4.69) is 337 Å². The number of para-hydroxylation sites is 4. The monoisotopic (exact) mass is 1160 g/mol. The summed E-state index contributed by atoms with van der Waals surface area (Å²) in [6.07, 6.45) is 0. The fraction of sp³-hybridized carbons (Fsp3) is 0. The van der Waals surface area contributed by atoms with Crippen molar-refractivity contribution in [1.29, 1.82) is 0 Å². The van der Waals surface area contributed by atoms with Gasteiger partial charge in [-0.15, -0.1) is 0 Å². The summed E-state index contributed by atoms with van der Waals surface area (Å²) >= 11 is 0. The molecule has 0 saturated heterocycles. The highest BCUT2D eigenvalue weighted by molar-refractivity contribution is 7.03. The van der Waals surface area contributed by atoms with Crippen LogP contribution in [0.1, 0.15) is 0 Å². The summed E-state index contributed by atoms with van der Waals surface area (Å²) in [5.41, 5.74) is 35.0. The lowest BCUT2D eigenvalue weighted by atomic mass is 9.34. The van der Waals surface area contributed by atoms with Gasteiger partial charge < -0.3 is 9.80 Å². The summed E-state index contributed by atoms with van der Waals surface area (Å²) in [5.74, 6) is 0. The van der Waals surface area contributed by atoms with Gasteiger partial charge in [0.05, 0.1) is 0 Å². The van der Waals surface area contributed by atoms with Crippen LogP contribution in [-0.2, 0) is 0 Å². The molecule has 92 heavy (non-hydrogen) atoms. The smallest absolute Gasteiger partial charge is 0.244 e. The third kappa shape index (κ3) is 7.35. The normalized spacial score (nSPS) is 12.5. The largest absolute Gasteiger partial charge is 0.310 e. The summed E-state index contributed by atoms with van der Waals surface area (Å²) in [6.45, 7) is -0.0417. The van der Waals surface area contributed by atoms with Crippen LogP contribution < -0.4 is 42.6 Å². The number of anilines is 6. The van der Waals surface area contributed by atoms with Gasteiger partial charge in [-0.1, -0.05) is 275 Å². The van der Waals surface area contributed by atoms with Crippen LogP contribution in [0.3, 0.4) is 0 Å². The Morgan fingerprint density at radius 3 is 0.804 bits per heavy atom. The second-order valence-electron chi connectivity index (χ2n) is 25.3. The molecule has 2 nitrogen and oxygen atoms in total. The Morgan fingerprint density at radius 2 is 0.457 bits per heavy atom. The molecule has 0 aliphatic carbocycles. The van der Waals surface area contributed by atoms with Crippen LogP contribution in [0.5, 0.6) is 0 Å². The summed E-state index contributed by atoms with van der Waals surface area (Å²) in [5, 5.41) is 7.92. The van der Waals surface area contributed by atoms with Crippen LogP contribution in [0.15, 0.2) is 328 Å². The van der Waals surface area contributed by atoms with E-state index in [1.165, 1.54) is 154 Å². The number of hydrogen-bond donors (Lipinski definition) is 0. The van der Waals surface area contributed by atoms with Gasteiger partial charge in [-0.2, -0.15) is 0 Å². The van der Waals surface area contributed by atoms with Crippen molar-refractivity contribution >= 4 is 113 Å². The Bertz CT molecular complexity index is 5260. The van der Waals surface area contributed by atoms with Crippen molar-refractivity contribution in [2.75, 3.05) is 9.80 Å². The maximum absolute atomic E-state index is 2.68. The molecule has 16 aromatic rings. The molecule has 0 spiro atoms. The molecule has 0 N–H and O–H groups in total. The van der Waals surface area contributed by atoms with Gasteiger partial charge in [-0.3, -0.25) is 0 Å². The molecule has 4 heteroatoms. The Kier molecular flexibility index (Phi) is 11.1. The van der Waals surface area contributed by atoms with E-state index in [4.69, 9.17) is 0 Å². The van der Waals surface area contributed by atoms with Crippen molar-refractivity contribution in [2.45, 2.75) is 0 Å². The van der Waals surface area contributed by atoms with Gasteiger partial charge in [-0.05, 0) is 206 Å². The van der Waals surface area contributed by atoms with Crippen LogP contribution >= 0.6 is 0 Å². The molecule has 16 aromatic carbocycles. The van der Waals surface area contributed by atoms with Crippen molar-refractivity contribution in [1.82, 2.24) is 0 Å². The average Bonchev–Trinajstić information content (AvgIpc) is 1.25. The van der Waals surface area contributed by atoms with Crippen LogP contribution in [0, 0.1) is 0 Å². The molecule has 0 radical (unpaired) electrons. The van der Waals surface area contributed by atoms with Gasteiger partial charge in [0.15, 0.2) is 0 Å². The van der Waals surface area contributed by atoms with E-state index >= 15 is 0 Å². The van der Waals surface area contributed by atoms with E-state index in [9.17, 15) is 0 Å². The number of hydrogen-bond acceptors (Lipinski definition) is 2. The zero-order valence-corrected chi connectivity index (χ0v) is 50.2. The highest BCUT2D eigenvalue weighted by atomic mass is 15.1. The van der Waals surface area contributed by atoms with Crippen molar-refractivity contribution < 1.29 is 0 Å². The van der Waals surface area contributed by atoms with Crippen molar-refractivity contribution in [3.05, 3.63) is 328 Å². The molecule has 0 amide bonds. The minimum absolute atomic E-state index is 0.0208. The van der Waals surface area contributed by atoms with Crippen LogP contribution in [0.4, 0.5) is 34.1 Å². The van der Waals surface area contributed by atoms with Crippen molar-refractivity contribution in [3.8, 4) is 89.0 Å². The molecule has 0 aromatic heterocycles. The molecule has 0 atom stereocenters. The minimum atomic E-state index is -0.0208. The molecule has 0 unspecified atom stereocenters. The number of nitrogens with zero attached hydrogens (tertiary/aromatic N) is 2. The predicted molar refractivity (Wildman–Crippen MR) is 392 cm³/mol. The molecule has 0 saturated carbocycles. The van der Waals surface area contributed by atoms with Gasteiger partial charge in [0.25, 0.3) is 0 Å². The standard InChI is InChI=1S/C88H54B2N2/c1-7-27-55(28-8-1)63-39-19-21-41-65(63)69-51-71-77-49-61(91(57-31-11-3-12-32-57)58-33-13-4-14-34-58)47-75-67-43-24-26-46-80(67)90(87(75)77)82-54-74-70(66-42-22-20-40-64(66)56-29-9-2-10-30-56)52-72-78-50-62(92(59-35-15-5-16-36-59)60-37-17-6-18-38-60)48-76-68-44-23-25-45-79(68)89(88(76)78)81-53-73(69)85(83(71)82)86(74)84(72)81/h1-54H. The first-order chi connectivity index (χ1) is 45.7. The molecule has 422 valence electrons. The lowest BCUT2D eigenvalue weighted by Gasteiger charge is -2.34. The SMILES string of the molecule is c1ccc(-c2ccccc2-c2cc3c4c(cc5c(-c6ccccc6-c6ccccc6)cc6c7c(cc2c4c57)B2c4ccccc4-c4cc(N(c5ccccc5)c5ccccc5)cc-6c42)B2c4ccccc4-c4cc(N(c5ccccc5)c5ccccc5)cc-3c42)cc1. The van der Waals surface area contributed by atoms with Gasteiger partial charge in [0.1, 0.15) is 0 Å². The van der Waals surface area contributed by atoms with Crippen LogP contribution in [0.2, 0.25) is 0 Å². The molecule has 20 rings (SSSR count). The van der Waals surface area contributed by atoms with Gasteiger partial charge in [0, 0.05) is 34.1 Å². The number of fused-ring (bicyclic) bond motifs is 10. The summed E-state index contributed by atoms with van der Waals surface area (Å²) in [7, 11) is 0. The van der Waals surface area contributed by atoms with E-state index in [1.54, 1.807) is 0 Å². The summed E-state index contributed by atoms with van der Waals surface area (Å²) < 4.78 is 0. The lowest BCUT2D eigenvalue weighted by Crippen LogP contribution is -2.53. The third-order valence-corrected chi connectivity index (χ3v) is 20.6. The Balaban J connectivity index is 0.987. The molecular weight excluding hydrogens is 1110 g/mol. The maximum Gasteiger partial charge on any atom is 0.244 e. The highest BCUT2D eigenvalue weighted by Gasteiger charge is 2.46.